The Labute approximate surface area is 107 Å². The van der Waals surface area contributed by atoms with Crippen LogP contribution >= 0.6 is 15.9 Å². The predicted molar refractivity (Wildman–Crippen MR) is 70.9 cm³/mol. The Bertz CT molecular complexity index is 215. The molecule has 16 heavy (non-hydrogen) atoms. The summed E-state index contributed by atoms with van der Waals surface area (Å²) in [5, 5.41) is 2.98. The first-order valence-corrected chi connectivity index (χ1v) is 7.17. The van der Waals surface area contributed by atoms with Gasteiger partial charge in [-0.2, -0.15) is 0 Å². The molecule has 1 fully saturated rings. The van der Waals surface area contributed by atoms with Gasteiger partial charge in [0.15, 0.2) is 0 Å². The number of nitrogens with zero attached hydrogens (tertiary/aromatic N) is 1. The van der Waals surface area contributed by atoms with Gasteiger partial charge in [0.2, 0.25) is 5.91 Å². The molecule has 1 atom stereocenters. The average molecular weight is 291 g/mol. The van der Waals surface area contributed by atoms with Gasteiger partial charge in [0.05, 0.1) is 4.83 Å². The second-order valence-electron chi connectivity index (χ2n) is 4.84. The van der Waals surface area contributed by atoms with Crippen LogP contribution in [0.25, 0.3) is 0 Å². The molecule has 1 unspecified atom stereocenters. The van der Waals surface area contributed by atoms with E-state index >= 15 is 0 Å². The van der Waals surface area contributed by atoms with Crippen molar-refractivity contribution in [1.29, 1.82) is 0 Å². The highest BCUT2D eigenvalue weighted by Crippen LogP contribution is 2.11. The molecular formula is C12H23BrN2O. The zero-order valence-electron chi connectivity index (χ0n) is 10.3. The lowest BCUT2D eigenvalue weighted by atomic mass is 10.1. The Balaban J connectivity index is 2.03. The number of alkyl halides is 1. The summed E-state index contributed by atoms with van der Waals surface area (Å²) < 4.78 is 0. The molecule has 0 radical (unpaired) electrons. The van der Waals surface area contributed by atoms with Gasteiger partial charge in [0.25, 0.3) is 0 Å². The highest BCUT2D eigenvalue weighted by molar-refractivity contribution is 9.10. The second-order valence-corrected chi connectivity index (χ2v) is 5.83. The molecule has 1 N–H and O–H groups in total. The van der Waals surface area contributed by atoms with Crippen LogP contribution in [0, 0.1) is 5.92 Å². The highest BCUT2D eigenvalue weighted by atomic mass is 79.9. The van der Waals surface area contributed by atoms with Crippen molar-refractivity contribution in [3.63, 3.8) is 0 Å². The van der Waals surface area contributed by atoms with Crippen LogP contribution in [0.15, 0.2) is 0 Å². The van der Waals surface area contributed by atoms with E-state index in [1.165, 1.54) is 25.9 Å². The molecule has 3 nitrogen and oxygen atoms in total. The molecule has 0 aromatic carbocycles. The summed E-state index contributed by atoms with van der Waals surface area (Å²) in [6.45, 7) is 8.48. The maximum absolute atomic E-state index is 11.6. The van der Waals surface area contributed by atoms with Crippen LogP contribution in [-0.2, 0) is 4.79 Å². The quantitative estimate of drug-likeness (QED) is 0.600. The van der Waals surface area contributed by atoms with Crippen LogP contribution in [0.1, 0.15) is 33.1 Å². The van der Waals surface area contributed by atoms with Gasteiger partial charge in [-0.05, 0) is 44.8 Å². The Morgan fingerprint density at radius 1 is 1.38 bits per heavy atom. The van der Waals surface area contributed by atoms with Gasteiger partial charge in [0, 0.05) is 6.54 Å². The van der Waals surface area contributed by atoms with Crippen molar-refractivity contribution in [3.05, 3.63) is 0 Å². The zero-order chi connectivity index (χ0) is 12.0. The normalized spacial score (nSPS) is 19.0. The zero-order valence-corrected chi connectivity index (χ0v) is 11.9. The number of amides is 1. The Kier molecular flexibility index (Phi) is 6.36. The van der Waals surface area contributed by atoms with E-state index in [4.69, 9.17) is 0 Å². The van der Waals surface area contributed by atoms with Gasteiger partial charge in [-0.1, -0.05) is 29.8 Å². The van der Waals surface area contributed by atoms with E-state index in [0.717, 1.165) is 19.5 Å². The first-order valence-electron chi connectivity index (χ1n) is 6.25. The molecule has 1 rings (SSSR count). The number of hydrogen-bond donors (Lipinski definition) is 1. The molecule has 1 heterocycles. The smallest absolute Gasteiger partial charge is 0.234 e. The number of carbonyl (C=O) groups excluding carboxylic acids is 1. The molecule has 4 heteroatoms. The first-order chi connectivity index (χ1) is 7.61. The molecule has 94 valence electrons. The van der Waals surface area contributed by atoms with Gasteiger partial charge in [-0.15, -0.1) is 0 Å². The topological polar surface area (TPSA) is 32.3 Å². The summed E-state index contributed by atoms with van der Waals surface area (Å²) in [5.41, 5.74) is 0. The largest absolute Gasteiger partial charge is 0.355 e. The molecular weight excluding hydrogens is 268 g/mol. The summed E-state index contributed by atoms with van der Waals surface area (Å²) in [5.74, 6) is 0.468. The van der Waals surface area contributed by atoms with E-state index in [9.17, 15) is 4.79 Å². The van der Waals surface area contributed by atoms with Crippen LogP contribution < -0.4 is 5.32 Å². The lowest BCUT2D eigenvalue weighted by Crippen LogP contribution is -2.35. The summed E-state index contributed by atoms with van der Waals surface area (Å²) in [6, 6.07) is 0. The Morgan fingerprint density at radius 3 is 2.56 bits per heavy atom. The molecule has 1 amide bonds. The van der Waals surface area contributed by atoms with Crippen molar-refractivity contribution in [2.75, 3.05) is 26.2 Å². The molecule has 0 aliphatic carbocycles. The molecule has 1 saturated heterocycles. The lowest BCUT2D eigenvalue weighted by molar-refractivity contribution is -0.121. The van der Waals surface area contributed by atoms with Gasteiger partial charge in [-0.25, -0.2) is 0 Å². The van der Waals surface area contributed by atoms with Crippen molar-refractivity contribution >= 4 is 21.8 Å². The van der Waals surface area contributed by atoms with E-state index in [1.54, 1.807) is 0 Å². The average Bonchev–Trinajstić information content (AvgIpc) is 2.75. The van der Waals surface area contributed by atoms with Crippen LogP contribution in [0.4, 0.5) is 0 Å². The van der Waals surface area contributed by atoms with Crippen molar-refractivity contribution < 1.29 is 4.79 Å². The molecule has 0 spiro atoms. The summed E-state index contributed by atoms with van der Waals surface area (Å²) >= 11 is 3.40. The standard InChI is InChI=1S/C12H23BrN2O/c1-10(2)11(13)12(16)14-6-5-9-15-7-3-4-8-15/h10-11H,3-9H2,1-2H3,(H,14,16). The number of rotatable bonds is 6. The Morgan fingerprint density at radius 2 is 2.00 bits per heavy atom. The maximum atomic E-state index is 11.6. The first kappa shape index (κ1) is 14.0. The molecule has 0 aromatic rings. The SMILES string of the molecule is CC(C)C(Br)C(=O)NCCCN1CCCC1. The Hall–Kier alpha value is -0.0900. The molecule has 0 bridgehead atoms. The van der Waals surface area contributed by atoms with E-state index in [0.29, 0.717) is 5.92 Å². The fraction of sp³-hybridized carbons (Fsp3) is 0.917. The molecule has 1 aliphatic rings. The van der Waals surface area contributed by atoms with Gasteiger partial charge in [-0.3, -0.25) is 4.79 Å². The van der Waals surface area contributed by atoms with Gasteiger partial charge >= 0.3 is 0 Å². The minimum absolute atomic E-state index is 0.0562. The summed E-state index contributed by atoms with van der Waals surface area (Å²) in [7, 11) is 0. The van der Waals surface area contributed by atoms with Gasteiger partial charge in [0.1, 0.15) is 0 Å². The number of likely N-dealkylation sites (tertiary alicyclic amines) is 1. The highest BCUT2D eigenvalue weighted by Gasteiger charge is 2.17. The van der Waals surface area contributed by atoms with E-state index in [1.807, 2.05) is 13.8 Å². The van der Waals surface area contributed by atoms with E-state index in [-0.39, 0.29) is 10.7 Å². The number of carbonyl (C=O) groups is 1. The molecule has 0 aromatic heterocycles. The summed E-state index contributed by atoms with van der Waals surface area (Å²) in [4.78, 5) is 14.0. The minimum Gasteiger partial charge on any atom is -0.355 e. The third-order valence-corrected chi connectivity index (χ3v) is 4.46. The van der Waals surface area contributed by atoms with Crippen molar-refractivity contribution in [2.45, 2.75) is 37.9 Å². The van der Waals surface area contributed by atoms with E-state index < -0.39 is 0 Å². The van der Waals surface area contributed by atoms with Crippen LogP contribution in [0.2, 0.25) is 0 Å². The lowest BCUT2D eigenvalue weighted by Gasteiger charge is -2.16. The van der Waals surface area contributed by atoms with Crippen LogP contribution in [0.3, 0.4) is 0 Å². The van der Waals surface area contributed by atoms with Crippen molar-refractivity contribution in [1.82, 2.24) is 10.2 Å². The molecule has 1 aliphatic heterocycles. The number of hydrogen-bond acceptors (Lipinski definition) is 2. The fourth-order valence-electron chi connectivity index (χ4n) is 1.92. The second kappa shape index (κ2) is 7.28. The number of nitrogens with one attached hydrogen (secondary N) is 1. The number of halogens is 1. The predicted octanol–water partition coefficient (Wildman–Crippen LogP) is 2.01. The van der Waals surface area contributed by atoms with Crippen molar-refractivity contribution in [3.8, 4) is 0 Å². The van der Waals surface area contributed by atoms with Gasteiger partial charge < -0.3 is 10.2 Å². The molecule has 0 saturated carbocycles. The maximum Gasteiger partial charge on any atom is 0.234 e. The van der Waals surface area contributed by atoms with E-state index in [2.05, 4.69) is 26.1 Å². The van der Waals surface area contributed by atoms with Crippen molar-refractivity contribution in [2.24, 2.45) is 5.92 Å². The summed E-state index contributed by atoms with van der Waals surface area (Å²) in [6.07, 6.45) is 3.73. The van der Waals surface area contributed by atoms with Crippen LogP contribution in [0.5, 0.6) is 0 Å². The monoisotopic (exact) mass is 290 g/mol. The fourth-order valence-corrected chi connectivity index (χ4v) is 2.08. The van der Waals surface area contributed by atoms with Crippen LogP contribution in [-0.4, -0.2) is 41.8 Å². The third-order valence-electron chi connectivity index (χ3n) is 2.98. The minimum atomic E-state index is -0.0562. The third kappa shape index (κ3) is 4.83.